The summed E-state index contributed by atoms with van der Waals surface area (Å²) in [5.74, 6) is -0.0552. The van der Waals surface area contributed by atoms with Gasteiger partial charge in [0, 0.05) is 20.2 Å². The minimum absolute atomic E-state index is 0.0552. The molecule has 0 amide bonds. The van der Waals surface area contributed by atoms with Crippen molar-refractivity contribution in [2.24, 2.45) is 0 Å². The maximum atomic E-state index is 9.39. The summed E-state index contributed by atoms with van der Waals surface area (Å²) in [4.78, 5) is 2.36. The Kier molecular flexibility index (Phi) is 4.57. The quantitative estimate of drug-likeness (QED) is 0.833. The Morgan fingerprint density at radius 3 is 2.79 bits per heavy atom. The average Bonchev–Trinajstić information content (AvgIpc) is 2.46. The lowest BCUT2D eigenvalue weighted by Gasteiger charge is -2.40. The molecular weight excluding hydrogens is 236 g/mol. The minimum atomic E-state index is -0.0606. The molecule has 1 heterocycles. The molecular formula is C16H22N2O. The molecule has 0 N–H and O–H groups in total. The predicted octanol–water partition coefficient (Wildman–Crippen LogP) is 2.79. The van der Waals surface area contributed by atoms with Crippen LogP contribution >= 0.6 is 0 Å². The minimum Gasteiger partial charge on any atom is -0.377 e. The molecule has 102 valence electrons. The number of likely N-dealkylation sites (tertiary alicyclic amines) is 1. The Balaban J connectivity index is 2.02. The van der Waals surface area contributed by atoms with Crippen LogP contribution in [-0.2, 0) is 4.74 Å². The van der Waals surface area contributed by atoms with Crippen LogP contribution in [0.2, 0.25) is 0 Å². The van der Waals surface area contributed by atoms with Gasteiger partial charge in [-0.2, -0.15) is 5.26 Å². The Hall–Kier alpha value is -1.37. The van der Waals surface area contributed by atoms with Crippen molar-refractivity contribution in [3.63, 3.8) is 0 Å². The van der Waals surface area contributed by atoms with Gasteiger partial charge >= 0.3 is 0 Å². The molecule has 1 fully saturated rings. The van der Waals surface area contributed by atoms with Crippen molar-refractivity contribution in [3.05, 3.63) is 35.9 Å². The van der Waals surface area contributed by atoms with E-state index in [1.165, 1.54) is 0 Å². The van der Waals surface area contributed by atoms with Gasteiger partial charge in [-0.3, -0.25) is 4.90 Å². The molecule has 0 radical (unpaired) electrons. The van der Waals surface area contributed by atoms with Crippen molar-refractivity contribution < 1.29 is 4.74 Å². The maximum Gasteiger partial charge on any atom is 0.0839 e. The first kappa shape index (κ1) is 14.0. The van der Waals surface area contributed by atoms with Crippen molar-refractivity contribution in [2.75, 3.05) is 26.7 Å². The van der Waals surface area contributed by atoms with Gasteiger partial charge in [-0.05, 0) is 31.9 Å². The fraction of sp³-hybridized carbons (Fsp3) is 0.562. The number of nitrogens with zero attached hydrogens (tertiary/aromatic N) is 2. The van der Waals surface area contributed by atoms with Crippen molar-refractivity contribution in [3.8, 4) is 6.07 Å². The van der Waals surface area contributed by atoms with Crippen LogP contribution in [0.25, 0.3) is 0 Å². The highest BCUT2D eigenvalue weighted by Gasteiger charge is 2.31. The summed E-state index contributed by atoms with van der Waals surface area (Å²) >= 11 is 0. The number of hydrogen-bond donors (Lipinski definition) is 0. The third-order valence-electron chi connectivity index (χ3n) is 4.03. The molecule has 1 aliphatic heterocycles. The Morgan fingerprint density at radius 2 is 2.16 bits per heavy atom. The molecule has 0 spiro atoms. The number of hydrogen-bond acceptors (Lipinski definition) is 3. The first-order valence-corrected chi connectivity index (χ1v) is 6.89. The summed E-state index contributed by atoms with van der Waals surface area (Å²) in [5.41, 5.74) is 1.05. The molecule has 19 heavy (non-hydrogen) atoms. The summed E-state index contributed by atoms with van der Waals surface area (Å²) in [7, 11) is 1.78. The lowest BCUT2D eigenvalue weighted by Crippen LogP contribution is -2.48. The van der Waals surface area contributed by atoms with Gasteiger partial charge in [-0.25, -0.2) is 0 Å². The molecule has 0 bridgehead atoms. The van der Waals surface area contributed by atoms with E-state index in [4.69, 9.17) is 4.74 Å². The van der Waals surface area contributed by atoms with Crippen LogP contribution in [0.4, 0.5) is 0 Å². The average molecular weight is 258 g/mol. The standard InChI is InChI=1S/C16H22N2O/c1-16(19-2)9-6-10-18(13-16)12-15(11-17)14-7-4-3-5-8-14/h3-5,7-8,15H,6,9-10,12-13H2,1-2H3. The molecule has 1 aromatic rings. The van der Waals surface area contributed by atoms with Gasteiger partial charge in [0.15, 0.2) is 0 Å². The summed E-state index contributed by atoms with van der Waals surface area (Å²) < 4.78 is 5.61. The Morgan fingerprint density at radius 1 is 1.42 bits per heavy atom. The summed E-state index contributed by atoms with van der Waals surface area (Å²) in [6.07, 6.45) is 2.24. The number of piperidine rings is 1. The molecule has 0 aliphatic carbocycles. The van der Waals surface area contributed by atoms with E-state index in [0.29, 0.717) is 0 Å². The van der Waals surface area contributed by atoms with E-state index in [1.807, 2.05) is 30.3 Å². The zero-order valence-electron chi connectivity index (χ0n) is 11.8. The monoisotopic (exact) mass is 258 g/mol. The summed E-state index contributed by atoms with van der Waals surface area (Å²) in [6, 6.07) is 12.5. The first-order valence-electron chi connectivity index (χ1n) is 6.89. The molecule has 2 atom stereocenters. The van der Waals surface area contributed by atoms with Crippen LogP contribution < -0.4 is 0 Å². The van der Waals surface area contributed by atoms with Crippen LogP contribution in [0, 0.1) is 11.3 Å². The maximum absolute atomic E-state index is 9.39. The van der Waals surface area contributed by atoms with E-state index in [9.17, 15) is 5.26 Å². The molecule has 1 aromatic carbocycles. The van der Waals surface area contributed by atoms with Gasteiger partial charge in [0.25, 0.3) is 0 Å². The smallest absolute Gasteiger partial charge is 0.0839 e. The molecule has 3 heteroatoms. The van der Waals surface area contributed by atoms with Gasteiger partial charge in [0.05, 0.1) is 17.6 Å². The summed E-state index contributed by atoms with van der Waals surface area (Å²) in [6.45, 7) is 4.92. The summed E-state index contributed by atoms with van der Waals surface area (Å²) in [5, 5.41) is 9.39. The highest BCUT2D eigenvalue weighted by atomic mass is 16.5. The Labute approximate surface area is 115 Å². The van der Waals surface area contributed by atoms with Gasteiger partial charge in [0.1, 0.15) is 0 Å². The van der Waals surface area contributed by atoms with E-state index < -0.39 is 0 Å². The van der Waals surface area contributed by atoms with Crippen LogP contribution in [0.1, 0.15) is 31.2 Å². The second-order valence-electron chi connectivity index (χ2n) is 5.59. The molecule has 3 nitrogen and oxygen atoms in total. The number of rotatable bonds is 4. The van der Waals surface area contributed by atoms with Gasteiger partial charge < -0.3 is 4.74 Å². The number of ether oxygens (including phenoxy) is 1. The van der Waals surface area contributed by atoms with E-state index in [0.717, 1.165) is 38.0 Å². The largest absolute Gasteiger partial charge is 0.377 e. The third-order valence-corrected chi connectivity index (χ3v) is 4.03. The molecule has 0 aromatic heterocycles. The van der Waals surface area contributed by atoms with Crippen molar-refractivity contribution in [1.82, 2.24) is 4.90 Å². The molecule has 2 unspecified atom stereocenters. The predicted molar refractivity (Wildman–Crippen MR) is 75.9 cm³/mol. The fourth-order valence-corrected chi connectivity index (χ4v) is 2.79. The number of nitriles is 1. The third kappa shape index (κ3) is 3.56. The SMILES string of the molecule is COC1(C)CCCN(CC(C#N)c2ccccc2)C1. The van der Waals surface area contributed by atoms with Gasteiger partial charge in [-0.1, -0.05) is 30.3 Å². The van der Waals surface area contributed by atoms with Crippen molar-refractivity contribution in [2.45, 2.75) is 31.3 Å². The topological polar surface area (TPSA) is 36.3 Å². The number of benzene rings is 1. The highest BCUT2D eigenvalue weighted by Crippen LogP contribution is 2.26. The second-order valence-corrected chi connectivity index (χ2v) is 5.59. The van der Waals surface area contributed by atoms with Crippen LogP contribution in [0.15, 0.2) is 30.3 Å². The van der Waals surface area contributed by atoms with E-state index >= 15 is 0 Å². The Bertz CT molecular complexity index is 440. The van der Waals surface area contributed by atoms with E-state index in [1.54, 1.807) is 7.11 Å². The van der Waals surface area contributed by atoms with Gasteiger partial charge in [-0.15, -0.1) is 0 Å². The molecule has 2 rings (SSSR count). The lowest BCUT2D eigenvalue weighted by atomic mass is 9.92. The van der Waals surface area contributed by atoms with Crippen LogP contribution in [0.3, 0.4) is 0 Å². The normalized spacial score (nSPS) is 25.7. The zero-order valence-corrected chi connectivity index (χ0v) is 11.8. The first-order chi connectivity index (χ1) is 9.17. The molecule has 0 saturated carbocycles. The number of methoxy groups -OCH3 is 1. The highest BCUT2D eigenvalue weighted by molar-refractivity contribution is 5.25. The van der Waals surface area contributed by atoms with Crippen molar-refractivity contribution >= 4 is 0 Å². The van der Waals surface area contributed by atoms with E-state index in [-0.39, 0.29) is 11.5 Å². The van der Waals surface area contributed by atoms with E-state index in [2.05, 4.69) is 17.9 Å². The molecule has 1 aliphatic rings. The second kappa shape index (κ2) is 6.18. The lowest BCUT2D eigenvalue weighted by molar-refractivity contribution is -0.0509. The van der Waals surface area contributed by atoms with Crippen molar-refractivity contribution in [1.29, 1.82) is 5.26 Å². The van der Waals surface area contributed by atoms with Crippen LogP contribution in [0.5, 0.6) is 0 Å². The zero-order chi connectivity index (χ0) is 13.7. The fourth-order valence-electron chi connectivity index (χ4n) is 2.79. The molecule has 1 saturated heterocycles. The van der Waals surface area contributed by atoms with Crippen LogP contribution in [-0.4, -0.2) is 37.2 Å². The van der Waals surface area contributed by atoms with Gasteiger partial charge in [0.2, 0.25) is 0 Å².